The van der Waals surface area contributed by atoms with E-state index in [1.165, 1.54) is 0 Å². The normalized spacial score (nSPS) is 26.3. The van der Waals surface area contributed by atoms with E-state index in [4.69, 9.17) is 11.6 Å². The Bertz CT molecular complexity index is 971. The lowest BCUT2D eigenvalue weighted by molar-refractivity contribution is -0.128. The van der Waals surface area contributed by atoms with Gasteiger partial charge in [-0.2, -0.15) is 0 Å². The number of hydrogen-bond acceptors (Lipinski definition) is 4. The minimum absolute atomic E-state index is 0.0539. The van der Waals surface area contributed by atoms with Gasteiger partial charge in [0.15, 0.2) is 11.6 Å². The summed E-state index contributed by atoms with van der Waals surface area (Å²) in [5.74, 6) is 0.711. The number of hydrogen-bond donors (Lipinski definition) is 0. The van der Waals surface area contributed by atoms with Crippen LogP contribution in [-0.2, 0) is 16.6 Å². The van der Waals surface area contributed by atoms with Crippen molar-refractivity contribution >= 4 is 5.78 Å². The summed E-state index contributed by atoms with van der Waals surface area (Å²) in [4.78, 5) is 29.8. The highest BCUT2D eigenvalue weighted by molar-refractivity contribution is 6.02. The molecule has 4 rings (SSSR count). The molecule has 2 aromatic rings. The molecule has 0 radical (unpaired) electrons. The van der Waals surface area contributed by atoms with Crippen LogP contribution in [0.4, 0.5) is 0 Å². The van der Waals surface area contributed by atoms with Crippen molar-refractivity contribution in [1.29, 1.82) is 0 Å². The van der Waals surface area contributed by atoms with Crippen molar-refractivity contribution in [3.05, 3.63) is 65.2 Å². The zero-order valence-corrected chi connectivity index (χ0v) is 15.2. The van der Waals surface area contributed by atoms with E-state index in [1.807, 2.05) is 38.3 Å². The maximum absolute atomic E-state index is 12.8. The van der Waals surface area contributed by atoms with Gasteiger partial charge in [-0.3, -0.25) is 4.98 Å². The average Bonchev–Trinajstić information content (AvgIpc) is 2.65. The lowest BCUT2D eigenvalue weighted by Gasteiger charge is -2.50. The number of rotatable bonds is 1. The largest absolute Gasteiger partial charge is 0.307 e. The molecule has 0 bridgehead atoms. The van der Waals surface area contributed by atoms with E-state index >= 15 is 0 Å². The molecule has 26 heavy (non-hydrogen) atoms. The Balaban J connectivity index is 1.94. The molecule has 0 N–H and O–H groups in total. The molecule has 0 fully saturated rings. The summed E-state index contributed by atoms with van der Waals surface area (Å²) >= 11 is 0. The molecule has 0 saturated heterocycles. The van der Waals surface area contributed by atoms with E-state index in [2.05, 4.69) is 21.7 Å². The number of pyridine rings is 1. The van der Waals surface area contributed by atoms with Gasteiger partial charge in [-0.15, -0.1) is 0 Å². The Kier molecular flexibility index (Phi) is 3.55. The first-order valence-corrected chi connectivity index (χ1v) is 8.80. The van der Waals surface area contributed by atoms with Crippen LogP contribution in [0.3, 0.4) is 0 Å². The van der Waals surface area contributed by atoms with Crippen LogP contribution in [-0.4, -0.2) is 20.7 Å². The van der Waals surface area contributed by atoms with Gasteiger partial charge in [0, 0.05) is 35.0 Å². The van der Waals surface area contributed by atoms with Crippen LogP contribution < -0.4 is 0 Å². The highest BCUT2D eigenvalue weighted by Crippen LogP contribution is 2.54. The monoisotopic (exact) mass is 344 g/mol. The molecule has 5 nitrogen and oxygen atoms in total. The van der Waals surface area contributed by atoms with E-state index in [0.29, 0.717) is 5.82 Å². The van der Waals surface area contributed by atoms with Crippen LogP contribution in [0.15, 0.2) is 42.5 Å². The Morgan fingerprint density at radius 1 is 1.23 bits per heavy atom. The number of carbonyl (C=O) groups excluding carboxylic acids is 1. The Hall–Kier alpha value is -2.87. The molecule has 0 unspecified atom stereocenters. The molecule has 2 aliphatic carbocycles. The fourth-order valence-corrected chi connectivity index (χ4v) is 4.66. The molecule has 5 heteroatoms. The van der Waals surface area contributed by atoms with Gasteiger partial charge in [0.25, 0.3) is 0 Å². The topological polar surface area (TPSA) is 60.1 Å². The van der Waals surface area contributed by atoms with E-state index in [-0.39, 0.29) is 17.4 Å². The predicted octanol–water partition coefficient (Wildman–Crippen LogP) is 3.77. The number of aromatic nitrogens is 3. The molecule has 0 amide bonds. The second kappa shape index (κ2) is 5.57. The van der Waals surface area contributed by atoms with Gasteiger partial charge < -0.3 is 4.79 Å². The molecule has 0 spiro atoms. The summed E-state index contributed by atoms with van der Waals surface area (Å²) in [5.41, 5.74) is 2.16. The predicted molar refractivity (Wildman–Crippen MR) is 97.9 cm³/mol. The number of nitrogens with zero attached hydrogens (tertiary/aromatic N) is 4. The summed E-state index contributed by atoms with van der Waals surface area (Å²) in [7, 11) is 0. The number of Topliss-reactive ketones (excluding diaryl/α,β-unsaturated/α-hetero) is 1. The van der Waals surface area contributed by atoms with Crippen LogP contribution in [0.2, 0.25) is 0 Å². The number of ketones is 1. The van der Waals surface area contributed by atoms with Crippen LogP contribution in [0.1, 0.15) is 38.4 Å². The van der Waals surface area contributed by atoms with E-state index in [1.54, 1.807) is 12.4 Å². The van der Waals surface area contributed by atoms with Gasteiger partial charge in [0.2, 0.25) is 5.70 Å². The Morgan fingerprint density at radius 3 is 2.65 bits per heavy atom. The fraction of sp³-hybridized carbons (Fsp3) is 0.381. The Morgan fingerprint density at radius 2 is 1.96 bits per heavy atom. The molecule has 0 aliphatic heterocycles. The van der Waals surface area contributed by atoms with E-state index in [9.17, 15) is 4.79 Å². The van der Waals surface area contributed by atoms with E-state index < -0.39 is 10.8 Å². The van der Waals surface area contributed by atoms with Gasteiger partial charge >= 0.3 is 0 Å². The molecule has 2 aliphatic rings. The summed E-state index contributed by atoms with van der Waals surface area (Å²) < 4.78 is 0. The van der Waals surface area contributed by atoms with Crippen molar-refractivity contribution in [3.8, 4) is 11.4 Å². The second-order valence-corrected chi connectivity index (χ2v) is 7.87. The van der Waals surface area contributed by atoms with Crippen LogP contribution in [0, 0.1) is 17.9 Å². The first kappa shape index (κ1) is 16.6. The van der Waals surface area contributed by atoms with Crippen molar-refractivity contribution < 1.29 is 4.79 Å². The molecule has 2 heterocycles. The van der Waals surface area contributed by atoms with Crippen LogP contribution in [0.5, 0.6) is 0 Å². The van der Waals surface area contributed by atoms with Crippen molar-refractivity contribution in [1.82, 2.24) is 15.0 Å². The highest BCUT2D eigenvalue weighted by atomic mass is 16.1. The number of fused-ring (bicyclic) bond motifs is 3. The first-order valence-electron chi connectivity index (χ1n) is 8.80. The average molecular weight is 344 g/mol. The summed E-state index contributed by atoms with van der Waals surface area (Å²) in [5, 5.41) is 0. The van der Waals surface area contributed by atoms with Crippen molar-refractivity contribution in [3.63, 3.8) is 0 Å². The number of allylic oxidation sites excluding steroid dienone is 2. The second-order valence-electron chi connectivity index (χ2n) is 7.87. The highest BCUT2D eigenvalue weighted by Gasteiger charge is 2.54. The lowest BCUT2D eigenvalue weighted by Crippen LogP contribution is -2.51. The maximum atomic E-state index is 12.8. The Labute approximate surface area is 153 Å². The van der Waals surface area contributed by atoms with Gasteiger partial charge in [-0.1, -0.05) is 26.8 Å². The quantitative estimate of drug-likeness (QED) is 0.739. The standard InChI is InChI=1S/C21H20N4O/c1-20(2)16-6-5-14-12-24-19(13-7-9-23-10-8-13)25-17(14)21(16,3)11-15(22-4)18(20)26/h7-12,16H,5-6H2,1-3H3/t16-,21-/m0/s1. The third-order valence-electron chi connectivity index (χ3n) is 5.99. The molecule has 2 aromatic heterocycles. The number of aryl methyl sites for hydroxylation is 1. The maximum Gasteiger partial charge on any atom is 0.226 e. The minimum atomic E-state index is -0.581. The summed E-state index contributed by atoms with van der Waals surface area (Å²) in [6.45, 7) is 13.5. The van der Waals surface area contributed by atoms with Gasteiger partial charge in [0.1, 0.15) is 0 Å². The lowest BCUT2D eigenvalue weighted by atomic mass is 9.53. The number of carbonyl (C=O) groups is 1. The third-order valence-corrected chi connectivity index (χ3v) is 5.99. The zero-order chi connectivity index (χ0) is 18.5. The van der Waals surface area contributed by atoms with Crippen molar-refractivity contribution in [2.75, 3.05) is 0 Å². The molecule has 0 aromatic carbocycles. The van der Waals surface area contributed by atoms with E-state index in [0.717, 1.165) is 29.7 Å². The SMILES string of the molecule is [C-]#[N+]C1=C[C@]2(C)c3nc(-c4ccncc4)ncc3CC[C@H]2C(C)(C)C1=O. The van der Waals surface area contributed by atoms with Crippen molar-refractivity contribution in [2.45, 2.75) is 39.0 Å². The molecular formula is C21H20N4O. The van der Waals surface area contributed by atoms with Crippen LogP contribution in [0.25, 0.3) is 16.2 Å². The van der Waals surface area contributed by atoms with Crippen LogP contribution >= 0.6 is 0 Å². The summed E-state index contributed by atoms with van der Waals surface area (Å²) in [6, 6.07) is 3.78. The van der Waals surface area contributed by atoms with Gasteiger partial charge in [0.05, 0.1) is 12.3 Å². The fourth-order valence-electron chi connectivity index (χ4n) is 4.66. The van der Waals surface area contributed by atoms with Gasteiger partial charge in [-0.05, 0) is 36.5 Å². The molecular weight excluding hydrogens is 324 g/mol. The van der Waals surface area contributed by atoms with Crippen molar-refractivity contribution in [2.24, 2.45) is 11.3 Å². The summed E-state index contributed by atoms with van der Waals surface area (Å²) in [6.07, 6.45) is 8.93. The minimum Gasteiger partial charge on any atom is -0.307 e. The molecule has 0 saturated carbocycles. The molecule has 130 valence electrons. The smallest absolute Gasteiger partial charge is 0.226 e. The zero-order valence-electron chi connectivity index (χ0n) is 15.2. The van der Waals surface area contributed by atoms with Gasteiger partial charge in [-0.25, -0.2) is 14.8 Å². The third kappa shape index (κ3) is 2.22. The molecule has 2 atom stereocenters. The first-order chi connectivity index (χ1) is 12.4.